The highest BCUT2D eigenvalue weighted by molar-refractivity contribution is 7.10. The van der Waals surface area contributed by atoms with E-state index in [-0.39, 0.29) is 17.7 Å². The maximum atomic E-state index is 13.6. The van der Waals surface area contributed by atoms with E-state index in [1.54, 1.807) is 11.3 Å². The molecule has 1 aromatic heterocycles. The molecule has 2 N–H and O–H groups in total. The summed E-state index contributed by atoms with van der Waals surface area (Å²) in [5.41, 5.74) is 5.09. The summed E-state index contributed by atoms with van der Waals surface area (Å²) < 4.78 is 0. The first kappa shape index (κ1) is 18.4. The van der Waals surface area contributed by atoms with Gasteiger partial charge in [0, 0.05) is 28.5 Å². The molecule has 0 saturated carbocycles. The molecule has 2 aliphatic rings. The third-order valence-corrected chi connectivity index (χ3v) is 7.40. The van der Waals surface area contributed by atoms with E-state index in [1.165, 1.54) is 15.6 Å². The zero-order valence-corrected chi connectivity index (χ0v) is 17.8. The van der Waals surface area contributed by atoms with E-state index in [1.807, 2.05) is 12.1 Å². The Labute approximate surface area is 185 Å². The van der Waals surface area contributed by atoms with E-state index in [2.05, 4.69) is 82.7 Å². The summed E-state index contributed by atoms with van der Waals surface area (Å²) in [5.74, 6) is 0.465. The second-order valence-electron chi connectivity index (χ2n) is 8.29. The number of hydrogen-bond acceptors (Lipinski definition) is 4. The molecular weight excluding hydrogens is 400 g/mol. The second-order valence-corrected chi connectivity index (χ2v) is 9.27. The van der Waals surface area contributed by atoms with Crippen molar-refractivity contribution in [1.82, 2.24) is 0 Å². The molecule has 1 aliphatic carbocycles. The highest BCUT2D eigenvalue weighted by atomic mass is 32.1. The zero-order valence-electron chi connectivity index (χ0n) is 17.0. The highest BCUT2D eigenvalue weighted by Crippen LogP contribution is 2.45. The number of fused-ring (bicyclic) bond motifs is 2. The molecule has 2 unspecified atom stereocenters. The van der Waals surface area contributed by atoms with Crippen LogP contribution in [0.3, 0.4) is 0 Å². The maximum Gasteiger partial charge on any atom is 0.163 e. The number of ketones is 1. The molecule has 4 heteroatoms. The number of rotatable bonds is 2. The van der Waals surface area contributed by atoms with Crippen molar-refractivity contribution in [3.8, 4) is 0 Å². The molecule has 2 heterocycles. The van der Waals surface area contributed by atoms with Crippen LogP contribution in [0.25, 0.3) is 10.8 Å². The Hall–Kier alpha value is -3.37. The van der Waals surface area contributed by atoms with Gasteiger partial charge in [0.1, 0.15) is 0 Å². The van der Waals surface area contributed by atoms with Gasteiger partial charge < -0.3 is 10.6 Å². The Morgan fingerprint density at radius 1 is 0.806 bits per heavy atom. The van der Waals surface area contributed by atoms with Gasteiger partial charge in [-0.2, -0.15) is 0 Å². The van der Waals surface area contributed by atoms with E-state index in [0.29, 0.717) is 6.42 Å². The fraction of sp³-hybridized carbons (Fsp3) is 0.148. The molecule has 31 heavy (non-hydrogen) atoms. The number of hydrogen-bond donors (Lipinski definition) is 2. The van der Waals surface area contributed by atoms with Gasteiger partial charge in [-0.05, 0) is 52.4 Å². The summed E-state index contributed by atoms with van der Waals surface area (Å²) in [6.07, 6.45) is 1.41. The zero-order chi connectivity index (χ0) is 20.8. The molecule has 0 radical (unpaired) electrons. The summed E-state index contributed by atoms with van der Waals surface area (Å²) in [4.78, 5) is 14.8. The predicted octanol–water partition coefficient (Wildman–Crippen LogP) is 6.88. The van der Waals surface area contributed by atoms with Crippen molar-refractivity contribution in [2.24, 2.45) is 0 Å². The number of nitrogens with one attached hydrogen (secondary N) is 2. The Morgan fingerprint density at radius 2 is 1.61 bits per heavy atom. The fourth-order valence-corrected chi connectivity index (χ4v) is 5.68. The van der Waals surface area contributed by atoms with Gasteiger partial charge in [0.25, 0.3) is 0 Å². The lowest BCUT2D eigenvalue weighted by atomic mass is 9.80. The SMILES string of the molecule is O=C1CC(c2cccs2)CC2=C1C(c1ccc3ccccc3c1)Nc1ccccc1N2. The van der Waals surface area contributed by atoms with Gasteiger partial charge in [-0.15, -0.1) is 11.3 Å². The Balaban J connectivity index is 1.50. The summed E-state index contributed by atoms with van der Waals surface area (Å²) >= 11 is 1.74. The monoisotopic (exact) mass is 422 g/mol. The van der Waals surface area contributed by atoms with Crippen LogP contribution in [0.1, 0.15) is 35.2 Å². The molecule has 4 aromatic rings. The molecule has 0 bridgehead atoms. The number of carbonyl (C=O) groups excluding carboxylic acids is 1. The van der Waals surface area contributed by atoms with Crippen LogP contribution >= 0.6 is 11.3 Å². The summed E-state index contributed by atoms with van der Waals surface area (Å²) in [6, 6.07) is 27.2. The predicted molar refractivity (Wildman–Crippen MR) is 129 cm³/mol. The van der Waals surface area contributed by atoms with Crippen LogP contribution in [0.2, 0.25) is 0 Å². The Morgan fingerprint density at radius 3 is 2.45 bits per heavy atom. The molecule has 0 spiro atoms. The van der Waals surface area contributed by atoms with Crippen molar-refractivity contribution in [3.63, 3.8) is 0 Å². The largest absolute Gasteiger partial charge is 0.372 e. The lowest BCUT2D eigenvalue weighted by Crippen LogP contribution is -2.26. The third kappa shape index (κ3) is 3.24. The van der Waals surface area contributed by atoms with Crippen LogP contribution in [0.15, 0.2) is 95.5 Å². The van der Waals surface area contributed by atoms with E-state index in [0.717, 1.165) is 34.6 Å². The van der Waals surface area contributed by atoms with Crippen LogP contribution in [-0.4, -0.2) is 5.78 Å². The van der Waals surface area contributed by atoms with E-state index in [4.69, 9.17) is 0 Å². The molecule has 0 amide bonds. The minimum Gasteiger partial charge on any atom is -0.372 e. The normalized spacial score (nSPS) is 20.5. The summed E-state index contributed by atoms with van der Waals surface area (Å²) in [7, 11) is 0. The lowest BCUT2D eigenvalue weighted by Gasteiger charge is -2.29. The van der Waals surface area contributed by atoms with Crippen LogP contribution < -0.4 is 10.6 Å². The van der Waals surface area contributed by atoms with Gasteiger partial charge in [0.2, 0.25) is 0 Å². The molecule has 0 saturated heterocycles. The number of thiophene rings is 1. The average Bonchev–Trinajstić information content (AvgIpc) is 3.28. The highest BCUT2D eigenvalue weighted by Gasteiger charge is 2.36. The van der Waals surface area contributed by atoms with Gasteiger partial charge in [-0.3, -0.25) is 4.79 Å². The quantitative estimate of drug-likeness (QED) is 0.370. The average molecular weight is 423 g/mol. The van der Waals surface area contributed by atoms with Crippen molar-refractivity contribution >= 4 is 39.3 Å². The van der Waals surface area contributed by atoms with Crippen LogP contribution in [0.5, 0.6) is 0 Å². The number of anilines is 2. The number of allylic oxidation sites excluding steroid dienone is 1. The van der Waals surface area contributed by atoms with Gasteiger partial charge in [0.05, 0.1) is 17.4 Å². The molecule has 2 atom stereocenters. The molecule has 1 aliphatic heterocycles. The van der Waals surface area contributed by atoms with Gasteiger partial charge >= 0.3 is 0 Å². The molecule has 3 nitrogen and oxygen atoms in total. The molecule has 6 rings (SSSR count). The molecule has 0 fully saturated rings. The van der Waals surface area contributed by atoms with Crippen LogP contribution in [0, 0.1) is 0 Å². The third-order valence-electron chi connectivity index (χ3n) is 6.36. The van der Waals surface area contributed by atoms with Crippen molar-refractivity contribution in [2.75, 3.05) is 10.6 Å². The maximum absolute atomic E-state index is 13.6. The smallest absolute Gasteiger partial charge is 0.163 e. The summed E-state index contributed by atoms with van der Waals surface area (Å²) in [6.45, 7) is 0. The lowest BCUT2D eigenvalue weighted by molar-refractivity contribution is -0.116. The fourth-order valence-electron chi connectivity index (χ4n) is 4.85. The van der Waals surface area contributed by atoms with Crippen LogP contribution in [-0.2, 0) is 4.79 Å². The number of Topliss-reactive ketones (excluding diaryl/α,β-unsaturated/α-hetero) is 1. The first-order valence-electron chi connectivity index (χ1n) is 10.7. The number of carbonyl (C=O) groups is 1. The van der Waals surface area contributed by atoms with E-state index < -0.39 is 0 Å². The minimum absolute atomic E-state index is 0.174. The van der Waals surface area contributed by atoms with Gasteiger partial charge in [-0.1, -0.05) is 54.6 Å². The van der Waals surface area contributed by atoms with Gasteiger partial charge in [0.15, 0.2) is 5.78 Å². The van der Waals surface area contributed by atoms with Crippen molar-refractivity contribution < 1.29 is 4.79 Å². The first-order valence-corrected chi connectivity index (χ1v) is 11.5. The molecule has 3 aromatic carbocycles. The Kier molecular flexibility index (Phi) is 4.39. The summed E-state index contributed by atoms with van der Waals surface area (Å²) in [5, 5.41) is 11.8. The van der Waals surface area contributed by atoms with E-state index >= 15 is 0 Å². The topological polar surface area (TPSA) is 41.1 Å². The number of para-hydroxylation sites is 2. The first-order chi connectivity index (χ1) is 15.3. The second kappa shape index (κ2) is 7.40. The molecule has 152 valence electrons. The van der Waals surface area contributed by atoms with Crippen LogP contribution in [0.4, 0.5) is 11.4 Å². The number of benzene rings is 3. The standard InChI is InChI=1S/C27H22N2OS/c30-24-16-20(25-10-5-13-31-25)15-23-26(24)27(29-22-9-4-3-8-21(22)28-23)19-12-11-17-6-1-2-7-18(17)14-19/h1-14,20,27-29H,15-16H2. The van der Waals surface area contributed by atoms with Gasteiger partial charge in [-0.25, -0.2) is 0 Å². The Bertz CT molecular complexity index is 1320. The van der Waals surface area contributed by atoms with Crippen molar-refractivity contribution in [2.45, 2.75) is 24.8 Å². The molecular formula is C27H22N2OS. The van der Waals surface area contributed by atoms with E-state index in [9.17, 15) is 4.79 Å². The van der Waals surface area contributed by atoms with Crippen molar-refractivity contribution in [3.05, 3.63) is 106 Å². The van der Waals surface area contributed by atoms with Crippen molar-refractivity contribution in [1.29, 1.82) is 0 Å². The minimum atomic E-state index is -0.174.